The summed E-state index contributed by atoms with van der Waals surface area (Å²) in [7, 11) is 2.76. The van der Waals surface area contributed by atoms with Crippen molar-refractivity contribution < 1.29 is 23.5 Å². The molecule has 1 aromatic heterocycles. The van der Waals surface area contributed by atoms with Crippen molar-refractivity contribution in [3.8, 4) is 0 Å². The third-order valence-electron chi connectivity index (χ3n) is 3.70. The normalized spacial score (nSPS) is 15.6. The lowest BCUT2D eigenvalue weighted by Gasteiger charge is -2.12. The van der Waals surface area contributed by atoms with Gasteiger partial charge in [-0.05, 0) is 37.0 Å². The van der Waals surface area contributed by atoms with Gasteiger partial charge in [-0.25, -0.2) is 4.79 Å². The number of carbonyl (C=O) groups excluding carboxylic acids is 2. The van der Waals surface area contributed by atoms with E-state index in [4.69, 9.17) is 9.15 Å². The third-order valence-corrected chi connectivity index (χ3v) is 5.00. The fraction of sp³-hybridized carbons (Fsp3) is 0.600. The maximum absolute atomic E-state index is 11.5. The van der Waals surface area contributed by atoms with E-state index in [1.54, 1.807) is 11.8 Å². The molecule has 5 nitrogen and oxygen atoms in total. The van der Waals surface area contributed by atoms with Gasteiger partial charge in [-0.15, -0.1) is 0 Å². The first-order chi connectivity index (χ1) is 9.99. The largest absolute Gasteiger partial charge is 0.469 e. The number of thioether (sulfide) groups is 1. The van der Waals surface area contributed by atoms with Crippen LogP contribution in [0.5, 0.6) is 0 Å². The van der Waals surface area contributed by atoms with Crippen molar-refractivity contribution in [3.63, 3.8) is 0 Å². The Morgan fingerprint density at radius 3 is 2.62 bits per heavy atom. The van der Waals surface area contributed by atoms with Gasteiger partial charge in [0.1, 0.15) is 5.76 Å². The van der Waals surface area contributed by atoms with Crippen LogP contribution in [0.3, 0.4) is 0 Å². The van der Waals surface area contributed by atoms with Crippen molar-refractivity contribution in [1.82, 2.24) is 0 Å². The number of rotatable bonds is 7. The Balaban J connectivity index is 1.84. The molecule has 6 heteroatoms. The minimum atomic E-state index is -0.451. The van der Waals surface area contributed by atoms with Crippen LogP contribution in [0.4, 0.5) is 0 Å². The van der Waals surface area contributed by atoms with Crippen molar-refractivity contribution in [3.05, 3.63) is 23.2 Å². The maximum atomic E-state index is 11.5. The highest BCUT2D eigenvalue weighted by molar-refractivity contribution is 7.98. The molecule has 1 fully saturated rings. The number of hydrogen-bond donors (Lipinski definition) is 0. The highest BCUT2D eigenvalue weighted by atomic mass is 32.2. The zero-order valence-corrected chi connectivity index (χ0v) is 13.4. The van der Waals surface area contributed by atoms with Gasteiger partial charge in [-0.3, -0.25) is 4.79 Å². The Kier molecular flexibility index (Phi) is 4.98. The first kappa shape index (κ1) is 15.9. The van der Waals surface area contributed by atoms with Crippen molar-refractivity contribution in [2.24, 2.45) is 5.41 Å². The van der Waals surface area contributed by atoms with Crippen molar-refractivity contribution in [1.29, 1.82) is 0 Å². The lowest BCUT2D eigenvalue weighted by atomic mass is 10.1. The molecule has 0 atom stereocenters. The number of methoxy groups -OCH3 is 2. The monoisotopic (exact) mass is 312 g/mol. The molecule has 1 aliphatic rings. The molecule has 0 amide bonds. The zero-order chi connectivity index (χ0) is 15.5. The average molecular weight is 312 g/mol. The number of carbonyl (C=O) groups is 2. The van der Waals surface area contributed by atoms with Gasteiger partial charge in [0, 0.05) is 5.56 Å². The van der Waals surface area contributed by atoms with Crippen LogP contribution in [0, 0.1) is 12.3 Å². The summed E-state index contributed by atoms with van der Waals surface area (Å²) < 4.78 is 14.9. The fourth-order valence-electron chi connectivity index (χ4n) is 2.21. The van der Waals surface area contributed by atoms with Gasteiger partial charge in [0.05, 0.1) is 26.4 Å². The molecular weight excluding hydrogens is 292 g/mol. The van der Waals surface area contributed by atoms with Crippen LogP contribution in [0.15, 0.2) is 10.5 Å². The number of aryl methyl sites for hydroxylation is 1. The number of furan rings is 1. The van der Waals surface area contributed by atoms with Gasteiger partial charge in [0.25, 0.3) is 0 Å². The summed E-state index contributed by atoms with van der Waals surface area (Å²) in [5.41, 5.74) is 0.887. The second-order valence-corrected chi connectivity index (χ2v) is 6.45. The molecule has 1 aromatic rings. The molecule has 0 aromatic carbocycles. The molecule has 1 saturated carbocycles. The molecule has 116 valence electrons. The van der Waals surface area contributed by atoms with E-state index in [2.05, 4.69) is 4.74 Å². The van der Waals surface area contributed by atoms with E-state index in [-0.39, 0.29) is 17.1 Å². The highest BCUT2D eigenvalue weighted by Crippen LogP contribution is 2.51. The topological polar surface area (TPSA) is 65.7 Å². The van der Waals surface area contributed by atoms with Crippen molar-refractivity contribution >= 4 is 23.7 Å². The van der Waals surface area contributed by atoms with E-state index in [1.807, 2.05) is 13.0 Å². The molecule has 2 rings (SSSR count). The summed E-state index contributed by atoms with van der Waals surface area (Å²) in [6.45, 7) is 1.82. The minimum absolute atomic E-state index is 0.102. The SMILES string of the molecule is COC(=O)CC1(CSCc2cc(C)c(C(=O)OC)o2)CC1. The molecule has 0 saturated heterocycles. The average Bonchev–Trinajstić information content (AvgIpc) is 3.12. The lowest BCUT2D eigenvalue weighted by molar-refractivity contribution is -0.141. The van der Waals surface area contributed by atoms with E-state index in [0.29, 0.717) is 12.2 Å². The predicted molar refractivity (Wildman–Crippen MR) is 79.2 cm³/mol. The quantitative estimate of drug-likeness (QED) is 0.721. The second-order valence-electron chi connectivity index (χ2n) is 5.46. The van der Waals surface area contributed by atoms with Crippen LogP contribution < -0.4 is 0 Å². The summed E-state index contributed by atoms with van der Waals surface area (Å²) in [5, 5.41) is 0. The number of hydrogen-bond acceptors (Lipinski definition) is 6. The van der Waals surface area contributed by atoms with Crippen molar-refractivity contribution in [2.45, 2.75) is 31.9 Å². The van der Waals surface area contributed by atoms with Gasteiger partial charge < -0.3 is 13.9 Å². The summed E-state index contributed by atoms with van der Waals surface area (Å²) in [6.07, 6.45) is 2.63. The van der Waals surface area contributed by atoms with E-state index in [0.717, 1.165) is 29.9 Å². The smallest absolute Gasteiger partial charge is 0.374 e. The van der Waals surface area contributed by atoms with E-state index < -0.39 is 5.97 Å². The number of esters is 2. The van der Waals surface area contributed by atoms with Gasteiger partial charge in [-0.2, -0.15) is 11.8 Å². The standard InChI is InChI=1S/C15H20O5S/c1-10-6-11(20-13(10)14(17)19-3)8-21-9-15(4-5-15)7-12(16)18-2/h6H,4-5,7-9H2,1-3H3. The van der Waals surface area contributed by atoms with Crippen molar-refractivity contribution in [2.75, 3.05) is 20.0 Å². The first-order valence-corrected chi connectivity index (χ1v) is 7.97. The third kappa shape index (κ3) is 4.03. The van der Waals surface area contributed by atoms with E-state index >= 15 is 0 Å². The van der Waals surface area contributed by atoms with Gasteiger partial charge in [-0.1, -0.05) is 0 Å². The Bertz CT molecular complexity index is 530. The Labute approximate surface area is 128 Å². The summed E-state index contributed by atoms with van der Waals surface area (Å²) in [5.74, 6) is 2.01. The summed E-state index contributed by atoms with van der Waals surface area (Å²) in [4.78, 5) is 22.8. The maximum Gasteiger partial charge on any atom is 0.374 e. The molecule has 0 spiro atoms. The number of ether oxygens (including phenoxy) is 2. The van der Waals surface area contributed by atoms with Crippen LogP contribution in [-0.2, 0) is 20.0 Å². The molecule has 0 unspecified atom stereocenters. The summed E-state index contributed by atoms with van der Waals surface area (Å²) in [6, 6.07) is 1.86. The van der Waals surface area contributed by atoms with E-state index in [1.165, 1.54) is 14.2 Å². The van der Waals surface area contributed by atoms with Gasteiger partial charge in [0.15, 0.2) is 0 Å². The molecule has 0 radical (unpaired) electrons. The molecular formula is C15H20O5S. The Morgan fingerprint density at radius 2 is 2.05 bits per heavy atom. The van der Waals surface area contributed by atoms with Gasteiger partial charge in [0.2, 0.25) is 5.76 Å². The fourth-order valence-corrected chi connectivity index (χ4v) is 3.48. The molecule has 0 bridgehead atoms. The summed E-state index contributed by atoms with van der Waals surface area (Å²) >= 11 is 1.72. The Morgan fingerprint density at radius 1 is 1.33 bits per heavy atom. The lowest BCUT2D eigenvalue weighted by Crippen LogP contribution is -2.13. The van der Waals surface area contributed by atoms with Crippen LogP contribution in [0.1, 0.15) is 41.1 Å². The van der Waals surface area contributed by atoms with Crippen LogP contribution >= 0.6 is 11.8 Å². The second kappa shape index (κ2) is 6.56. The van der Waals surface area contributed by atoms with Gasteiger partial charge >= 0.3 is 11.9 Å². The molecule has 0 aliphatic heterocycles. The molecule has 21 heavy (non-hydrogen) atoms. The van der Waals surface area contributed by atoms with Crippen LogP contribution in [0.25, 0.3) is 0 Å². The van der Waals surface area contributed by atoms with E-state index in [9.17, 15) is 9.59 Å². The molecule has 1 heterocycles. The Hall–Kier alpha value is -1.43. The zero-order valence-electron chi connectivity index (χ0n) is 12.6. The molecule has 1 aliphatic carbocycles. The van der Waals surface area contributed by atoms with Crippen LogP contribution in [0.2, 0.25) is 0 Å². The highest BCUT2D eigenvalue weighted by Gasteiger charge is 2.44. The molecule has 0 N–H and O–H groups in total. The first-order valence-electron chi connectivity index (χ1n) is 6.82. The van der Waals surface area contributed by atoms with Crippen LogP contribution in [-0.4, -0.2) is 31.9 Å². The minimum Gasteiger partial charge on any atom is -0.469 e. The predicted octanol–water partition coefficient (Wildman–Crippen LogP) is 2.95.